The first-order valence-electron chi connectivity index (χ1n) is 8.05. The minimum atomic E-state index is -0.709. The topological polar surface area (TPSA) is 84.5 Å². The highest BCUT2D eigenvalue weighted by Gasteiger charge is 2.20. The number of halogens is 2. The van der Waals surface area contributed by atoms with Gasteiger partial charge in [0.25, 0.3) is 5.91 Å². The first-order valence-corrected chi connectivity index (χ1v) is 8.43. The molecule has 1 atom stereocenters. The lowest BCUT2D eigenvalue weighted by Gasteiger charge is -2.18. The predicted molar refractivity (Wildman–Crippen MR) is 97.7 cm³/mol. The van der Waals surface area contributed by atoms with Gasteiger partial charge in [-0.2, -0.15) is 0 Å². The number of carbonyl (C=O) groups is 3. The van der Waals surface area contributed by atoms with Gasteiger partial charge in [-0.15, -0.1) is 0 Å². The Morgan fingerprint density at radius 2 is 1.78 bits per heavy atom. The van der Waals surface area contributed by atoms with Crippen LogP contribution >= 0.6 is 11.6 Å². The molecule has 0 aromatic heterocycles. The van der Waals surface area contributed by atoms with E-state index in [4.69, 9.17) is 11.6 Å². The molecule has 0 aliphatic rings. The zero-order valence-electron chi connectivity index (χ0n) is 14.5. The second-order valence-corrected chi connectivity index (χ2v) is 6.05. The van der Waals surface area contributed by atoms with Gasteiger partial charge in [-0.25, -0.2) is 4.39 Å². The van der Waals surface area contributed by atoms with E-state index in [2.05, 4.69) is 15.4 Å². The van der Waals surface area contributed by atoms with E-state index < -0.39 is 29.6 Å². The molecule has 2 aromatic carbocycles. The van der Waals surface area contributed by atoms with Crippen molar-refractivity contribution in [1.82, 2.24) is 10.6 Å². The summed E-state index contributed by atoms with van der Waals surface area (Å²) in [7, 11) is 1.25. The normalized spacial score (nSPS) is 11.4. The van der Waals surface area contributed by atoms with E-state index in [1.54, 1.807) is 24.3 Å². The van der Waals surface area contributed by atoms with Crippen LogP contribution in [-0.4, -0.2) is 31.4 Å². The molecule has 0 heterocycles. The summed E-state index contributed by atoms with van der Waals surface area (Å²) in [6.45, 7) is -0.377. The van der Waals surface area contributed by atoms with Crippen LogP contribution in [0.15, 0.2) is 48.5 Å². The van der Waals surface area contributed by atoms with Crippen molar-refractivity contribution in [3.05, 3.63) is 70.5 Å². The molecule has 0 unspecified atom stereocenters. The minimum Gasteiger partial charge on any atom is -0.469 e. The zero-order valence-corrected chi connectivity index (χ0v) is 15.3. The van der Waals surface area contributed by atoms with Gasteiger partial charge in [0.15, 0.2) is 0 Å². The molecule has 6 nitrogen and oxygen atoms in total. The smallest absolute Gasteiger partial charge is 0.307 e. The van der Waals surface area contributed by atoms with Crippen molar-refractivity contribution in [1.29, 1.82) is 0 Å². The summed E-state index contributed by atoms with van der Waals surface area (Å²) < 4.78 is 18.2. The maximum atomic E-state index is 13.6. The van der Waals surface area contributed by atoms with Gasteiger partial charge in [-0.3, -0.25) is 14.4 Å². The number of methoxy groups -OCH3 is 1. The summed E-state index contributed by atoms with van der Waals surface area (Å²) in [5.74, 6) is -2.44. The highest BCUT2D eigenvalue weighted by molar-refractivity contribution is 6.30. The zero-order chi connectivity index (χ0) is 19.8. The summed E-state index contributed by atoms with van der Waals surface area (Å²) in [5.41, 5.74) is 0.493. The van der Waals surface area contributed by atoms with Crippen molar-refractivity contribution >= 4 is 29.4 Å². The number of nitrogens with one attached hydrogen (secondary N) is 2. The van der Waals surface area contributed by atoms with Crippen LogP contribution in [0, 0.1) is 5.82 Å². The van der Waals surface area contributed by atoms with Gasteiger partial charge in [-0.05, 0) is 29.8 Å². The molecule has 0 bridgehead atoms. The number of benzene rings is 2. The molecule has 0 spiro atoms. The van der Waals surface area contributed by atoms with Gasteiger partial charge >= 0.3 is 5.97 Å². The third-order valence-electron chi connectivity index (χ3n) is 3.73. The SMILES string of the molecule is COC(=O)C[C@H](NC(=O)CNC(=O)c1ccccc1F)c1ccc(Cl)cc1. The average molecular weight is 393 g/mol. The Kier molecular flexibility index (Phi) is 7.31. The number of hydrogen-bond donors (Lipinski definition) is 2. The Hall–Kier alpha value is -2.93. The molecule has 0 saturated heterocycles. The molecule has 0 radical (unpaired) electrons. The number of hydrogen-bond acceptors (Lipinski definition) is 4. The molecule has 2 amide bonds. The summed E-state index contributed by atoms with van der Waals surface area (Å²) in [4.78, 5) is 35.8. The fourth-order valence-corrected chi connectivity index (χ4v) is 2.47. The highest BCUT2D eigenvalue weighted by Crippen LogP contribution is 2.20. The number of carbonyl (C=O) groups excluding carboxylic acids is 3. The van der Waals surface area contributed by atoms with E-state index in [1.807, 2.05) is 0 Å². The minimum absolute atomic E-state index is 0.0921. The maximum absolute atomic E-state index is 13.6. The van der Waals surface area contributed by atoms with Crippen molar-refractivity contribution in [2.45, 2.75) is 12.5 Å². The number of esters is 1. The molecule has 0 aliphatic heterocycles. The van der Waals surface area contributed by atoms with Gasteiger partial charge in [0.1, 0.15) is 5.82 Å². The Balaban J connectivity index is 2.00. The Labute approximate surface area is 160 Å². The van der Waals surface area contributed by atoms with Crippen LogP contribution in [-0.2, 0) is 14.3 Å². The van der Waals surface area contributed by atoms with Gasteiger partial charge in [-0.1, -0.05) is 35.9 Å². The molecule has 0 aliphatic carbocycles. The molecular formula is C19H18ClFN2O4. The monoisotopic (exact) mass is 392 g/mol. The van der Waals surface area contributed by atoms with Crippen LogP contribution in [0.25, 0.3) is 0 Å². The molecule has 2 rings (SSSR count). The first kappa shape index (κ1) is 20.4. The third kappa shape index (κ3) is 6.07. The lowest BCUT2D eigenvalue weighted by molar-refractivity contribution is -0.141. The second kappa shape index (κ2) is 9.68. The number of ether oxygens (including phenoxy) is 1. The second-order valence-electron chi connectivity index (χ2n) is 5.61. The molecule has 2 N–H and O–H groups in total. The third-order valence-corrected chi connectivity index (χ3v) is 3.99. The van der Waals surface area contributed by atoms with Crippen LogP contribution in [0.4, 0.5) is 4.39 Å². The Bertz CT molecular complexity index is 827. The summed E-state index contributed by atoms with van der Waals surface area (Å²) in [6, 6.07) is 11.4. The van der Waals surface area contributed by atoms with E-state index in [0.29, 0.717) is 10.6 Å². The van der Waals surface area contributed by atoms with Crippen molar-refractivity contribution in [2.75, 3.05) is 13.7 Å². The molecule has 2 aromatic rings. The standard InChI is InChI=1S/C19H18ClFN2O4/c1-27-18(25)10-16(12-6-8-13(20)9-7-12)23-17(24)11-22-19(26)14-4-2-3-5-15(14)21/h2-9,16H,10-11H2,1H3,(H,22,26)(H,23,24)/t16-/m0/s1. The average Bonchev–Trinajstić information content (AvgIpc) is 2.66. The van der Waals surface area contributed by atoms with Gasteiger partial charge in [0.05, 0.1) is 31.7 Å². The van der Waals surface area contributed by atoms with Crippen molar-refractivity contribution < 1.29 is 23.5 Å². The quantitative estimate of drug-likeness (QED) is 0.709. The van der Waals surface area contributed by atoms with Gasteiger partial charge < -0.3 is 15.4 Å². The van der Waals surface area contributed by atoms with E-state index >= 15 is 0 Å². The van der Waals surface area contributed by atoms with E-state index in [-0.39, 0.29) is 18.5 Å². The van der Waals surface area contributed by atoms with Gasteiger partial charge in [0, 0.05) is 5.02 Å². The first-order chi connectivity index (χ1) is 12.9. The van der Waals surface area contributed by atoms with E-state index in [0.717, 1.165) is 6.07 Å². The molecule has 142 valence electrons. The van der Waals surface area contributed by atoms with Crippen LogP contribution in [0.5, 0.6) is 0 Å². The van der Waals surface area contributed by atoms with Gasteiger partial charge in [0.2, 0.25) is 5.91 Å². The molecular weight excluding hydrogens is 375 g/mol. The lowest BCUT2D eigenvalue weighted by Crippen LogP contribution is -2.39. The summed E-state index contributed by atoms with van der Waals surface area (Å²) in [5, 5.41) is 5.51. The van der Waals surface area contributed by atoms with Crippen LogP contribution < -0.4 is 10.6 Å². The Morgan fingerprint density at radius 3 is 2.41 bits per heavy atom. The van der Waals surface area contributed by atoms with Crippen molar-refractivity contribution in [3.63, 3.8) is 0 Å². The molecule has 0 saturated carbocycles. The summed E-state index contributed by atoms with van der Waals surface area (Å²) >= 11 is 5.85. The predicted octanol–water partition coefficient (Wildman–Crippen LogP) is 2.63. The molecule has 0 fully saturated rings. The highest BCUT2D eigenvalue weighted by atomic mass is 35.5. The maximum Gasteiger partial charge on any atom is 0.307 e. The fourth-order valence-electron chi connectivity index (χ4n) is 2.34. The van der Waals surface area contributed by atoms with E-state index in [9.17, 15) is 18.8 Å². The van der Waals surface area contributed by atoms with Crippen molar-refractivity contribution in [3.8, 4) is 0 Å². The molecule has 27 heavy (non-hydrogen) atoms. The van der Waals surface area contributed by atoms with Crippen LogP contribution in [0.1, 0.15) is 28.4 Å². The molecule has 8 heteroatoms. The van der Waals surface area contributed by atoms with Crippen LogP contribution in [0.3, 0.4) is 0 Å². The largest absolute Gasteiger partial charge is 0.469 e. The van der Waals surface area contributed by atoms with E-state index in [1.165, 1.54) is 25.3 Å². The van der Waals surface area contributed by atoms with Crippen LogP contribution in [0.2, 0.25) is 5.02 Å². The lowest BCUT2D eigenvalue weighted by atomic mass is 10.0. The Morgan fingerprint density at radius 1 is 1.11 bits per heavy atom. The number of amides is 2. The number of rotatable bonds is 7. The van der Waals surface area contributed by atoms with Crippen molar-refractivity contribution in [2.24, 2.45) is 0 Å². The fraction of sp³-hybridized carbons (Fsp3) is 0.211. The summed E-state index contributed by atoms with van der Waals surface area (Å²) in [6.07, 6.45) is -0.0921.